The quantitative estimate of drug-likeness (QED) is 0.833. The van der Waals surface area contributed by atoms with Gasteiger partial charge >= 0.3 is 0 Å². The summed E-state index contributed by atoms with van der Waals surface area (Å²) in [7, 11) is 1.38. The number of rotatable bonds is 5. The maximum absolute atomic E-state index is 11.4. The van der Waals surface area contributed by atoms with Crippen molar-refractivity contribution in [1.82, 2.24) is 10.5 Å². The Morgan fingerprint density at radius 1 is 1.21 bits per heavy atom. The highest BCUT2D eigenvalue weighted by Gasteiger charge is 2.05. The molecule has 1 aromatic heterocycles. The average molecular weight is 258 g/mol. The Balaban J connectivity index is 1.94. The van der Waals surface area contributed by atoms with Crippen molar-refractivity contribution in [2.24, 2.45) is 0 Å². The van der Waals surface area contributed by atoms with Crippen LogP contribution in [-0.4, -0.2) is 18.0 Å². The minimum atomic E-state index is -0.343. The molecule has 0 saturated carbocycles. The Hall–Kier alpha value is -2.40. The molecule has 0 fully saturated rings. The maximum Gasteiger partial charge on any atom is 0.276 e. The van der Waals surface area contributed by atoms with Crippen LogP contribution in [0.4, 0.5) is 0 Å². The SMILES string of the molecule is CONC(=O)c1ccc(OCc2ccccc2)nc1. The van der Waals surface area contributed by atoms with Crippen molar-refractivity contribution in [3.63, 3.8) is 0 Å². The Labute approximate surface area is 111 Å². The van der Waals surface area contributed by atoms with Crippen LogP contribution in [0.15, 0.2) is 48.7 Å². The third-order valence-electron chi connectivity index (χ3n) is 2.42. The molecule has 0 atom stereocenters. The summed E-state index contributed by atoms with van der Waals surface area (Å²) in [6, 6.07) is 13.1. The number of amides is 1. The van der Waals surface area contributed by atoms with Crippen molar-refractivity contribution < 1.29 is 14.4 Å². The summed E-state index contributed by atoms with van der Waals surface area (Å²) in [5.41, 5.74) is 3.69. The molecular formula is C14H14N2O3. The van der Waals surface area contributed by atoms with E-state index in [1.54, 1.807) is 12.1 Å². The van der Waals surface area contributed by atoms with Crippen molar-refractivity contribution >= 4 is 5.91 Å². The van der Waals surface area contributed by atoms with E-state index in [9.17, 15) is 4.79 Å². The van der Waals surface area contributed by atoms with Gasteiger partial charge in [0.15, 0.2) is 0 Å². The second-order valence-electron chi connectivity index (χ2n) is 3.79. The van der Waals surface area contributed by atoms with Crippen LogP contribution < -0.4 is 10.2 Å². The van der Waals surface area contributed by atoms with Crippen LogP contribution in [0.5, 0.6) is 5.88 Å². The summed E-state index contributed by atoms with van der Waals surface area (Å²) in [5.74, 6) is 0.127. The van der Waals surface area contributed by atoms with Gasteiger partial charge in [0.25, 0.3) is 5.91 Å². The zero-order chi connectivity index (χ0) is 13.5. The van der Waals surface area contributed by atoms with Crippen molar-refractivity contribution in [2.45, 2.75) is 6.61 Å². The number of aromatic nitrogens is 1. The van der Waals surface area contributed by atoms with E-state index >= 15 is 0 Å². The van der Waals surface area contributed by atoms with Crippen molar-refractivity contribution in [3.05, 3.63) is 59.8 Å². The zero-order valence-electron chi connectivity index (χ0n) is 10.5. The summed E-state index contributed by atoms with van der Waals surface area (Å²) in [6.45, 7) is 0.442. The molecule has 0 unspecified atom stereocenters. The maximum atomic E-state index is 11.4. The summed E-state index contributed by atoms with van der Waals surface area (Å²) in [6.07, 6.45) is 1.44. The molecule has 1 heterocycles. The molecule has 2 aromatic rings. The van der Waals surface area contributed by atoms with Gasteiger partial charge in [0.1, 0.15) is 6.61 Å². The van der Waals surface area contributed by atoms with Gasteiger partial charge in [-0.2, -0.15) is 0 Å². The van der Waals surface area contributed by atoms with Crippen molar-refractivity contribution in [3.8, 4) is 5.88 Å². The first-order chi connectivity index (χ1) is 9.29. The molecule has 1 N–H and O–H groups in total. The van der Waals surface area contributed by atoms with Crippen LogP contribution in [0.25, 0.3) is 0 Å². The molecule has 5 heteroatoms. The van der Waals surface area contributed by atoms with E-state index in [2.05, 4.69) is 15.3 Å². The van der Waals surface area contributed by atoms with Gasteiger partial charge in [0.05, 0.1) is 12.7 Å². The van der Waals surface area contributed by atoms with E-state index < -0.39 is 0 Å². The Morgan fingerprint density at radius 2 is 2.00 bits per heavy atom. The van der Waals surface area contributed by atoms with Gasteiger partial charge in [-0.15, -0.1) is 0 Å². The molecule has 0 radical (unpaired) electrons. The smallest absolute Gasteiger partial charge is 0.276 e. The van der Waals surface area contributed by atoms with Crippen LogP contribution in [0, 0.1) is 0 Å². The predicted octanol–water partition coefficient (Wildman–Crippen LogP) is 1.95. The number of nitrogens with one attached hydrogen (secondary N) is 1. The van der Waals surface area contributed by atoms with Gasteiger partial charge in [0.2, 0.25) is 5.88 Å². The molecule has 0 aliphatic heterocycles. The van der Waals surface area contributed by atoms with Gasteiger partial charge in [-0.05, 0) is 11.6 Å². The highest BCUT2D eigenvalue weighted by Crippen LogP contribution is 2.10. The van der Waals surface area contributed by atoms with Crippen LogP contribution in [0.3, 0.4) is 0 Å². The fraction of sp³-hybridized carbons (Fsp3) is 0.143. The number of carbonyl (C=O) groups is 1. The molecule has 1 amide bonds. The van der Waals surface area contributed by atoms with E-state index in [0.717, 1.165) is 5.56 Å². The standard InChI is InChI=1S/C14H14N2O3/c1-18-16-14(17)12-7-8-13(15-9-12)19-10-11-5-3-2-4-6-11/h2-9H,10H2,1H3,(H,16,17). The van der Waals surface area contributed by atoms with E-state index in [4.69, 9.17) is 4.74 Å². The fourth-order valence-electron chi connectivity index (χ4n) is 1.48. The Morgan fingerprint density at radius 3 is 2.63 bits per heavy atom. The summed E-state index contributed by atoms with van der Waals surface area (Å²) in [5, 5.41) is 0. The number of benzene rings is 1. The summed E-state index contributed by atoms with van der Waals surface area (Å²) >= 11 is 0. The van der Waals surface area contributed by atoms with E-state index in [1.807, 2.05) is 30.3 Å². The zero-order valence-corrected chi connectivity index (χ0v) is 10.5. The lowest BCUT2D eigenvalue weighted by atomic mass is 10.2. The first-order valence-electron chi connectivity index (χ1n) is 5.75. The van der Waals surface area contributed by atoms with Gasteiger partial charge in [0, 0.05) is 12.3 Å². The lowest BCUT2D eigenvalue weighted by Gasteiger charge is -2.06. The topological polar surface area (TPSA) is 60.5 Å². The number of ether oxygens (including phenoxy) is 1. The molecule has 1 aromatic carbocycles. The molecule has 5 nitrogen and oxygen atoms in total. The number of carbonyl (C=O) groups excluding carboxylic acids is 1. The van der Waals surface area contributed by atoms with E-state index in [-0.39, 0.29) is 5.91 Å². The van der Waals surface area contributed by atoms with Crippen LogP contribution in [-0.2, 0) is 11.4 Å². The van der Waals surface area contributed by atoms with E-state index in [0.29, 0.717) is 18.1 Å². The molecule has 0 aliphatic carbocycles. The first-order valence-corrected chi connectivity index (χ1v) is 5.75. The van der Waals surface area contributed by atoms with Crippen molar-refractivity contribution in [2.75, 3.05) is 7.11 Å². The predicted molar refractivity (Wildman–Crippen MR) is 69.5 cm³/mol. The minimum absolute atomic E-state index is 0.343. The third-order valence-corrected chi connectivity index (χ3v) is 2.42. The number of hydroxylamine groups is 1. The van der Waals surface area contributed by atoms with Gasteiger partial charge < -0.3 is 4.74 Å². The monoisotopic (exact) mass is 258 g/mol. The normalized spacial score (nSPS) is 9.95. The molecule has 19 heavy (non-hydrogen) atoms. The Bertz CT molecular complexity index is 526. The van der Waals surface area contributed by atoms with Gasteiger partial charge in [-0.1, -0.05) is 30.3 Å². The molecular weight excluding hydrogens is 244 g/mol. The molecule has 0 aliphatic rings. The van der Waals surface area contributed by atoms with Crippen molar-refractivity contribution in [1.29, 1.82) is 0 Å². The number of pyridine rings is 1. The van der Waals surface area contributed by atoms with Crippen LogP contribution in [0.1, 0.15) is 15.9 Å². The van der Waals surface area contributed by atoms with Crippen LogP contribution in [0.2, 0.25) is 0 Å². The molecule has 0 spiro atoms. The van der Waals surface area contributed by atoms with Gasteiger partial charge in [-0.25, -0.2) is 10.5 Å². The highest BCUT2D eigenvalue weighted by atomic mass is 16.6. The second kappa shape index (κ2) is 6.51. The Kier molecular flexibility index (Phi) is 4.47. The largest absolute Gasteiger partial charge is 0.473 e. The van der Waals surface area contributed by atoms with Crippen LogP contribution >= 0.6 is 0 Å². The minimum Gasteiger partial charge on any atom is -0.473 e. The lowest BCUT2D eigenvalue weighted by Crippen LogP contribution is -2.21. The second-order valence-corrected chi connectivity index (χ2v) is 3.79. The van der Waals surface area contributed by atoms with Gasteiger partial charge in [-0.3, -0.25) is 9.63 Å². The summed E-state index contributed by atoms with van der Waals surface area (Å²) in [4.78, 5) is 20.0. The van der Waals surface area contributed by atoms with E-state index in [1.165, 1.54) is 13.3 Å². The molecule has 98 valence electrons. The molecule has 0 saturated heterocycles. The lowest BCUT2D eigenvalue weighted by molar-refractivity contribution is 0.0537. The summed E-state index contributed by atoms with van der Waals surface area (Å²) < 4.78 is 5.51. The number of nitrogens with zero attached hydrogens (tertiary/aromatic N) is 1. The number of hydrogen-bond acceptors (Lipinski definition) is 4. The average Bonchev–Trinajstić information content (AvgIpc) is 2.47. The fourth-order valence-corrected chi connectivity index (χ4v) is 1.48. The highest BCUT2D eigenvalue weighted by molar-refractivity contribution is 5.93. The molecule has 0 bridgehead atoms. The number of hydrogen-bond donors (Lipinski definition) is 1. The third kappa shape index (κ3) is 3.79. The molecule has 2 rings (SSSR count). The first kappa shape index (κ1) is 13.0.